The fraction of sp³-hybridized carbons (Fsp3) is 1.00. The molecule has 0 rings (SSSR count). The first kappa shape index (κ1) is 8.14. The van der Waals surface area contributed by atoms with E-state index in [4.69, 9.17) is 9.90 Å². The standard InChI is InChI=1S/C5H12O2Si/c1-5(4-6)2-3-8-7/h5-7H,2-4H2,1H3. The molecule has 0 aromatic heterocycles. The van der Waals surface area contributed by atoms with Crippen LogP contribution in [0.3, 0.4) is 0 Å². The molecule has 3 heteroatoms. The molecule has 2 radical (unpaired) electrons. The van der Waals surface area contributed by atoms with Gasteiger partial charge in [-0.2, -0.15) is 0 Å². The van der Waals surface area contributed by atoms with Crippen molar-refractivity contribution >= 4 is 9.76 Å². The van der Waals surface area contributed by atoms with Crippen molar-refractivity contribution in [3.05, 3.63) is 0 Å². The van der Waals surface area contributed by atoms with Crippen molar-refractivity contribution in [1.29, 1.82) is 0 Å². The van der Waals surface area contributed by atoms with Crippen LogP contribution >= 0.6 is 0 Å². The number of aliphatic hydroxyl groups excluding tert-OH is 1. The largest absolute Gasteiger partial charge is 0.432 e. The van der Waals surface area contributed by atoms with Crippen LogP contribution < -0.4 is 0 Å². The highest BCUT2D eigenvalue weighted by atomic mass is 28.2. The summed E-state index contributed by atoms with van der Waals surface area (Å²) in [6.07, 6.45) is 0.936. The first-order chi connectivity index (χ1) is 3.81. The van der Waals surface area contributed by atoms with Crippen molar-refractivity contribution in [3.63, 3.8) is 0 Å². The summed E-state index contributed by atoms with van der Waals surface area (Å²) in [6, 6.07) is 0.835. The van der Waals surface area contributed by atoms with Gasteiger partial charge in [-0.05, 0) is 18.4 Å². The van der Waals surface area contributed by atoms with Crippen molar-refractivity contribution < 1.29 is 9.90 Å². The fourth-order valence-electron chi connectivity index (χ4n) is 0.402. The van der Waals surface area contributed by atoms with Gasteiger partial charge >= 0.3 is 0 Å². The van der Waals surface area contributed by atoms with E-state index in [9.17, 15) is 0 Å². The topological polar surface area (TPSA) is 40.5 Å². The fourth-order valence-corrected chi connectivity index (χ4v) is 1.02. The van der Waals surface area contributed by atoms with Gasteiger partial charge in [0.25, 0.3) is 0 Å². The van der Waals surface area contributed by atoms with Gasteiger partial charge in [-0.15, -0.1) is 0 Å². The van der Waals surface area contributed by atoms with Crippen molar-refractivity contribution in [2.75, 3.05) is 6.61 Å². The monoisotopic (exact) mass is 132 g/mol. The quantitative estimate of drug-likeness (QED) is 0.530. The van der Waals surface area contributed by atoms with Gasteiger partial charge in [-0.25, -0.2) is 0 Å². The zero-order chi connectivity index (χ0) is 6.41. The second-order valence-electron chi connectivity index (χ2n) is 1.98. The lowest BCUT2D eigenvalue weighted by atomic mass is 10.1. The van der Waals surface area contributed by atoms with Crippen molar-refractivity contribution in [1.82, 2.24) is 0 Å². The van der Waals surface area contributed by atoms with Crippen molar-refractivity contribution in [3.8, 4) is 0 Å². The van der Waals surface area contributed by atoms with E-state index in [1.54, 1.807) is 0 Å². The van der Waals surface area contributed by atoms with Gasteiger partial charge in [0.2, 0.25) is 9.76 Å². The summed E-state index contributed by atoms with van der Waals surface area (Å²) in [4.78, 5) is 8.36. The van der Waals surface area contributed by atoms with Crippen LogP contribution in [0, 0.1) is 5.92 Å². The molecule has 0 amide bonds. The molecule has 0 aromatic carbocycles. The summed E-state index contributed by atoms with van der Waals surface area (Å²) < 4.78 is 0. The predicted octanol–water partition coefficient (Wildman–Crippen LogP) is 0.0347. The first-order valence-electron chi connectivity index (χ1n) is 2.79. The minimum atomic E-state index is 0.0425. The van der Waals surface area contributed by atoms with Crippen LogP contribution in [0.2, 0.25) is 6.04 Å². The van der Waals surface area contributed by atoms with E-state index < -0.39 is 0 Å². The Bertz CT molecular complexity index is 49.7. The van der Waals surface area contributed by atoms with Crippen LogP contribution in [0.1, 0.15) is 13.3 Å². The summed E-state index contributed by atoms with van der Waals surface area (Å²) in [5.74, 6) is 0.356. The number of aliphatic hydroxyl groups is 1. The Morgan fingerprint density at radius 3 is 2.62 bits per heavy atom. The van der Waals surface area contributed by atoms with Gasteiger partial charge < -0.3 is 9.90 Å². The van der Waals surface area contributed by atoms with Gasteiger partial charge in [0.1, 0.15) is 0 Å². The van der Waals surface area contributed by atoms with Crippen molar-refractivity contribution in [2.24, 2.45) is 5.92 Å². The molecular formula is C5H12O2Si. The summed E-state index contributed by atoms with van der Waals surface area (Å²) in [5, 5.41) is 8.48. The summed E-state index contributed by atoms with van der Waals surface area (Å²) in [5.41, 5.74) is 0. The zero-order valence-corrected chi connectivity index (χ0v) is 6.09. The highest BCUT2D eigenvalue weighted by Gasteiger charge is 1.97. The third-order valence-corrected chi connectivity index (χ3v) is 1.57. The molecule has 0 fully saturated rings. The van der Waals surface area contributed by atoms with E-state index >= 15 is 0 Å². The Balaban J connectivity index is 2.86. The maximum Gasteiger partial charge on any atom is 0.224 e. The Morgan fingerprint density at radius 1 is 1.62 bits per heavy atom. The molecule has 0 aliphatic carbocycles. The van der Waals surface area contributed by atoms with Gasteiger partial charge in [-0.3, -0.25) is 0 Å². The molecule has 0 aromatic rings. The third-order valence-electron chi connectivity index (χ3n) is 1.06. The Labute approximate surface area is 52.5 Å². The van der Waals surface area contributed by atoms with Crippen LogP contribution in [0.4, 0.5) is 0 Å². The summed E-state index contributed by atoms with van der Waals surface area (Å²) in [6.45, 7) is 2.21. The molecule has 2 nitrogen and oxygen atoms in total. The molecule has 0 heterocycles. The molecule has 0 aliphatic heterocycles. The summed E-state index contributed by atoms with van der Waals surface area (Å²) in [7, 11) is 0.0425. The smallest absolute Gasteiger partial charge is 0.224 e. The highest BCUT2D eigenvalue weighted by Crippen LogP contribution is 2.02. The first-order valence-corrected chi connectivity index (χ1v) is 3.94. The minimum absolute atomic E-state index is 0.0425. The lowest BCUT2D eigenvalue weighted by molar-refractivity contribution is 0.234. The van der Waals surface area contributed by atoms with Gasteiger partial charge in [0.15, 0.2) is 0 Å². The Kier molecular flexibility index (Phi) is 5.37. The molecule has 0 saturated carbocycles. The molecule has 48 valence electrons. The van der Waals surface area contributed by atoms with E-state index in [1.807, 2.05) is 6.92 Å². The van der Waals surface area contributed by atoms with E-state index in [-0.39, 0.29) is 16.4 Å². The second kappa shape index (κ2) is 5.28. The molecule has 0 bridgehead atoms. The van der Waals surface area contributed by atoms with Crippen LogP contribution in [0.25, 0.3) is 0 Å². The molecule has 1 atom stereocenters. The van der Waals surface area contributed by atoms with E-state index in [2.05, 4.69) is 0 Å². The van der Waals surface area contributed by atoms with Crippen molar-refractivity contribution in [2.45, 2.75) is 19.4 Å². The van der Waals surface area contributed by atoms with E-state index in [0.29, 0.717) is 5.92 Å². The average Bonchev–Trinajstić information content (AvgIpc) is 1.83. The average molecular weight is 132 g/mol. The SMILES string of the molecule is CC(CO)CC[Si]O. The maximum absolute atomic E-state index is 8.48. The second-order valence-corrected chi connectivity index (χ2v) is 2.80. The minimum Gasteiger partial charge on any atom is -0.432 e. The Morgan fingerprint density at radius 2 is 2.25 bits per heavy atom. The summed E-state index contributed by atoms with van der Waals surface area (Å²) >= 11 is 0. The lowest BCUT2D eigenvalue weighted by Crippen LogP contribution is -2.01. The van der Waals surface area contributed by atoms with E-state index in [0.717, 1.165) is 12.5 Å². The molecule has 0 spiro atoms. The molecule has 0 saturated heterocycles. The van der Waals surface area contributed by atoms with Crippen LogP contribution in [-0.2, 0) is 0 Å². The number of rotatable bonds is 4. The maximum atomic E-state index is 8.48. The van der Waals surface area contributed by atoms with Gasteiger partial charge in [-0.1, -0.05) is 6.92 Å². The number of hydrogen-bond donors (Lipinski definition) is 2. The van der Waals surface area contributed by atoms with E-state index in [1.165, 1.54) is 0 Å². The van der Waals surface area contributed by atoms with Crippen LogP contribution in [0.5, 0.6) is 0 Å². The van der Waals surface area contributed by atoms with Crippen LogP contribution in [0.15, 0.2) is 0 Å². The molecule has 8 heavy (non-hydrogen) atoms. The van der Waals surface area contributed by atoms with Crippen LogP contribution in [-0.4, -0.2) is 26.3 Å². The normalized spacial score (nSPS) is 13.9. The Hall–Kier alpha value is 0.137. The predicted molar refractivity (Wildman–Crippen MR) is 33.6 cm³/mol. The third kappa shape index (κ3) is 4.30. The van der Waals surface area contributed by atoms with Gasteiger partial charge in [0.05, 0.1) is 0 Å². The highest BCUT2D eigenvalue weighted by molar-refractivity contribution is 6.25. The molecule has 2 N–H and O–H groups in total. The number of hydrogen-bond acceptors (Lipinski definition) is 2. The zero-order valence-electron chi connectivity index (χ0n) is 5.09. The molecular weight excluding hydrogens is 120 g/mol. The molecule has 0 aliphatic rings. The van der Waals surface area contributed by atoms with Gasteiger partial charge in [0, 0.05) is 6.61 Å². The lowest BCUT2D eigenvalue weighted by Gasteiger charge is -2.02. The molecule has 1 unspecified atom stereocenters.